The van der Waals surface area contributed by atoms with Gasteiger partial charge in [0, 0.05) is 6.42 Å². The lowest BCUT2D eigenvalue weighted by atomic mass is 10.3. The summed E-state index contributed by atoms with van der Waals surface area (Å²) >= 11 is 0. The fourth-order valence-electron chi connectivity index (χ4n) is 0.962. The summed E-state index contributed by atoms with van der Waals surface area (Å²) in [5, 5.41) is 16.1. The number of aliphatic carboxylic acids is 1. The number of nitrogens with zero attached hydrogens (tertiary/aromatic N) is 3. The van der Waals surface area contributed by atoms with Crippen LogP contribution in [0.15, 0.2) is 6.33 Å². The number of carboxylic acid groups (broad SMARTS) is 1. The second kappa shape index (κ2) is 3.34. The van der Waals surface area contributed by atoms with E-state index >= 15 is 0 Å². The molecule has 1 aromatic rings. The smallest absolute Gasteiger partial charge is 0.326 e. The summed E-state index contributed by atoms with van der Waals surface area (Å²) in [5.41, 5.74) is 0. The Labute approximate surface area is 70.0 Å². The molecule has 1 atom stereocenters. The molecular weight excluding hydrogens is 158 g/mol. The molecule has 5 nitrogen and oxygen atoms in total. The van der Waals surface area contributed by atoms with Crippen molar-refractivity contribution in [1.29, 1.82) is 0 Å². The molecule has 0 bridgehead atoms. The normalized spacial score (nSPS) is 12.8. The summed E-state index contributed by atoms with van der Waals surface area (Å²) in [6, 6.07) is -0.588. The Bertz CT molecular complexity index is 282. The SMILES string of the molecule is CCc1nncn1C(C)C(=O)O. The molecule has 0 aromatic carbocycles. The molecular formula is C7H11N3O2. The van der Waals surface area contributed by atoms with Crippen molar-refractivity contribution in [3.05, 3.63) is 12.2 Å². The van der Waals surface area contributed by atoms with Crippen LogP contribution in [0.2, 0.25) is 0 Å². The van der Waals surface area contributed by atoms with Crippen molar-refractivity contribution in [1.82, 2.24) is 14.8 Å². The van der Waals surface area contributed by atoms with Gasteiger partial charge in [-0.2, -0.15) is 0 Å². The van der Waals surface area contributed by atoms with Gasteiger partial charge in [-0.15, -0.1) is 10.2 Å². The van der Waals surface area contributed by atoms with E-state index in [4.69, 9.17) is 5.11 Å². The van der Waals surface area contributed by atoms with Gasteiger partial charge in [0.1, 0.15) is 18.2 Å². The maximum Gasteiger partial charge on any atom is 0.326 e. The minimum atomic E-state index is -0.871. The Kier molecular flexibility index (Phi) is 2.42. The van der Waals surface area contributed by atoms with Crippen molar-refractivity contribution < 1.29 is 9.90 Å². The highest BCUT2D eigenvalue weighted by Gasteiger charge is 2.15. The highest BCUT2D eigenvalue weighted by atomic mass is 16.4. The first-order valence-corrected chi connectivity index (χ1v) is 3.78. The van der Waals surface area contributed by atoms with Crippen molar-refractivity contribution in [3.8, 4) is 0 Å². The zero-order chi connectivity index (χ0) is 9.14. The molecule has 0 aliphatic rings. The molecule has 0 fully saturated rings. The minimum Gasteiger partial charge on any atom is -0.480 e. The Hall–Kier alpha value is -1.39. The second-order valence-electron chi connectivity index (χ2n) is 2.52. The van der Waals surface area contributed by atoms with Gasteiger partial charge in [-0.05, 0) is 6.92 Å². The molecule has 0 amide bonds. The summed E-state index contributed by atoms with van der Waals surface area (Å²) in [7, 11) is 0. The average molecular weight is 169 g/mol. The van der Waals surface area contributed by atoms with Crippen LogP contribution in [-0.4, -0.2) is 25.8 Å². The lowest BCUT2D eigenvalue weighted by Gasteiger charge is -2.08. The van der Waals surface area contributed by atoms with Crippen LogP contribution in [0, 0.1) is 0 Å². The number of aryl methyl sites for hydroxylation is 1. The third-order valence-corrected chi connectivity index (χ3v) is 1.74. The molecule has 0 aliphatic carbocycles. The Morgan fingerprint density at radius 1 is 1.83 bits per heavy atom. The van der Waals surface area contributed by atoms with Gasteiger partial charge in [0.05, 0.1) is 0 Å². The molecule has 1 aromatic heterocycles. The average Bonchev–Trinajstić information content (AvgIpc) is 2.49. The number of hydrogen-bond donors (Lipinski definition) is 1. The van der Waals surface area contributed by atoms with Gasteiger partial charge in [0.25, 0.3) is 0 Å². The fourth-order valence-corrected chi connectivity index (χ4v) is 0.962. The Morgan fingerprint density at radius 3 is 3.00 bits per heavy atom. The van der Waals surface area contributed by atoms with E-state index in [1.54, 1.807) is 11.5 Å². The number of aromatic nitrogens is 3. The minimum absolute atomic E-state index is 0.588. The fraction of sp³-hybridized carbons (Fsp3) is 0.571. The monoisotopic (exact) mass is 169 g/mol. The molecule has 0 spiro atoms. The van der Waals surface area contributed by atoms with Crippen LogP contribution in [0.1, 0.15) is 25.7 Å². The van der Waals surface area contributed by atoms with E-state index in [9.17, 15) is 4.79 Å². The molecule has 5 heteroatoms. The summed E-state index contributed by atoms with van der Waals surface area (Å²) < 4.78 is 1.56. The van der Waals surface area contributed by atoms with Crippen LogP contribution in [0.5, 0.6) is 0 Å². The molecule has 0 aliphatic heterocycles. The van der Waals surface area contributed by atoms with Crippen molar-refractivity contribution in [2.75, 3.05) is 0 Å². The van der Waals surface area contributed by atoms with Crippen LogP contribution >= 0.6 is 0 Å². The van der Waals surface area contributed by atoms with Gasteiger partial charge in [-0.25, -0.2) is 4.79 Å². The highest BCUT2D eigenvalue weighted by Crippen LogP contribution is 2.07. The van der Waals surface area contributed by atoms with E-state index in [2.05, 4.69) is 10.2 Å². The first-order chi connectivity index (χ1) is 5.66. The van der Waals surface area contributed by atoms with Crippen LogP contribution in [0.4, 0.5) is 0 Å². The van der Waals surface area contributed by atoms with Crippen LogP contribution in [-0.2, 0) is 11.2 Å². The van der Waals surface area contributed by atoms with Crippen molar-refractivity contribution in [3.63, 3.8) is 0 Å². The molecule has 0 saturated carbocycles. The Balaban J connectivity index is 2.93. The second-order valence-corrected chi connectivity index (χ2v) is 2.52. The molecule has 1 heterocycles. The van der Waals surface area contributed by atoms with E-state index in [1.807, 2.05) is 6.92 Å². The van der Waals surface area contributed by atoms with Crippen molar-refractivity contribution in [2.45, 2.75) is 26.3 Å². The van der Waals surface area contributed by atoms with E-state index in [0.717, 1.165) is 0 Å². The lowest BCUT2D eigenvalue weighted by Crippen LogP contribution is -2.16. The van der Waals surface area contributed by atoms with Crippen LogP contribution < -0.4 is 0 Å². The first kappa shape index (κ1) is 8.70. The van der Waals surface area contributed by atoms with Gasteiger partial charge in [-0.1, -0.05) is 6.92 Å². The van der Waals surface area contributed by atoms with Gasteiger partial charge in [-0.3, -0.25) is 0 Å². The number of carboxylic acids is 1. The molecule has 0 radical (unpaired) electrons. The maximum atomic E-state index is 10.6. The highest BCUT2D eigenvalue weighted by molar-refractivity contribution is 5.71. The predicted octanol–water partition coefficient (Wildman–Crippen LogP) is 0.486. The number of hydrogen-bond acceptors (Lipinski definition) is 3. The Morgan fingerprint density at radius 2 is 2.50 bits per heavy atom. The van der Waals surface area contributed by atoms with E-state index in [-0.39, 0.29) is 0 Å². The first-order valence-electron chi connectivity index (χ1n) is 3.78. The number of rotatable bonds is 3. The summed E-state index contributed by atoms with van der Waals surface area (Å²) in [6.07, 6.45) is 2.13. The van der Waals surface area contributed by atoms with Gasteiger partial charge in [0.15, 0.2) is 0 Å². The summed E-state index contributed by atoms with van der Waals surface area (Å²) in [4.78, 5) is 10.6. The zero-order valence-corrected chi connectivity index (χ0v) is 7.06. The standard InChI is InChI=1S/C7H11N3O2/c1-3-6-9-8-4-10(6)5(2)7(11)12/h4-5H,3H2,1-2H3,(H,11,12). The third kappa shape index (κ3) is 1.44. The van der Waals surface area contributed by atoms with Crippen molar-refractivity contribution in [2.24, 2.45) is 0 Å². The maximum absolute atomic E-state index is 10.6. The molecule has 66 valence electrons. The van der Waals surface area contributed by atoms with Crippen molar-refractivity contribution >= 4 is 5.97 Å². The van der Waals surface area contributed by atoms with E-state index in [1.165, 1.54) is 6.33 Å². The third-order valence-electron chi connectivity index (χ3n) is 1.74. The molecule has 1 unspecified atom stereocenters. The summed E-state index contributed by atoms with van der Waals surface area (Å²) in [5.74, 6) is -0.172. The molecule has 1 N–H and O–H groups in total. The van der Waals surface area contributed by atoms with E-state index < -0.39 is 12.0 Å². The van der Waals surface area contributed by atoms with Crippen LogP contribution in [0.25, 0.3) is 0 Å². The van der Waals surface area contributed by atoms with Gasteiger partial charge >= 0.3 is 5.97 Å². The van der Waals surface area contributed by atoms with Crippen LogP contribution in [0.3, 0.4) is 0 Å². The quantitative estimate of drug-likeness (QED) is 0.714. The molecule has 12 heavy (non-hydrogen) atoms. The van der Waals surface area contributed by atoms with Gasteiger partial charge in [0.2, 0.25) is 0 Å². The molecule has 1 rings (SSSR count). The predicted molar refractivity (Wildman–Crippen MR) is 41.7 cm³/mol. The molecule has 0 saturated heterocycles. The largest absolute Gasteiger partial charge is 0.480 e. The number of carbonyl (C=O) groups is 1. The topological polar surface area (TPSA) is 68.0 Å². The lowest BCUT2D eigenvalue weighted by molar-refractivity contribution is -0.140. The zero-order valence-electron chi connectivity index (χ0n) is 7.06. The van der Waals surface area contributed by atoms with E-state index in [0.29, 0.717) is 12.2 Å². The van der Waals surface area contributed by atoms with Gasteiger partial charge < -0.3 is 9.67 Å². The summed E-state index contributed by atoms with van der Waals surface area (Å²) in [6.45, 7) is 3.51.